The Hall–Kier alpha value is -1.68. The lowest BCUT2D eigenvalue weighted by Crippen LogP contribution is -2.13. The fourth-order valence-electron chi connectivity index (χ4n) is 1.67. The molecule has 0 aliphatic heterocycles. The van der Waals surface area contributed by atoms with Crippen LogP contribution in [0.5, 0.6) is 5.75 Å². The highest BCUT2D eigenvalue weighted by Crippen LogP contribution is 2.31. The van der Waals surface area contributed by atoms with Crippen molar-refractivity contribution in [2.75, 3.05) is 7.11 Å². The zero-order chi connectivity index (χ0) is 11.7. The Bertz CT molecular complexity index is 548. The maximum absolute atomic E-state index is 10.9. The molecule has 1 aromatic heterocycles. The number of halogens is 1. The maximum Gasteiger partial charge on any atom is 0.221 e. The predicted molar refractivity (Wildman–Crippen MR) is 62.8 cm³/mol. The number of amides is 1. The van der Waals surface area contributed by atoms with Crippen LogP contribution in [0.2, 0.25) is 5.02 Å². The second-order valence-corrected chi connectivity index (χ2v) is 3.90. The van der Waals surface area contributed by atoms with Crippen LogP contribution >= 0.6 is 11.6 Å². The Balaban J connectivity index is 2.57. The molecule has 0 radical (unpaired) electrons. The molecule has 0 atom stereocenters. The van der Waals surface area contributed by atoms with E-state index < -0.39 is 0 Å². The van der Waals surface area contributed by atoms with Crippen LogP contribution in [0.25, 0.3) is 10.9 Å². The topological polar surface area (TPSA) is 68.1 Å². The molecule has 2 rings (SSSR count). The van der Waals surface area contributed by atoms with Gasteiger partial charge in [-0.1, -0.05) is 11.6 Å². The van der Waals surface area contributed by atoms with Gasteiger partial charge in [0.1, 0.15) is 5.75 Å². The first-order valence-corrected chi connectivity index (χ1v) is 5.11. The van der Waals surface area contributed by atoms with E-state index in [1.165, 1.54) is 0 Å². The number of ether oxygens (including phenoxy) is 1. The summed E-state index contributed by atoms with van der Waals surface area (Å²) >= 11 is 5.98. The summed E-state index contributed by atoms with van der Waals surface area (Å²) in [5.74, 6) is 0.217. The molecular formula is C11H11ClN2O2. The molecule has 0 fully saturated rings. The molecule has 3 N–H and O–H groups in total. The largest absolute Gasteiger partial charge is 0.495 e. The highest BCUT2D eigenvalue weighted by Gasteiger charge is 2.10. The van der Waals surface area contributed by atoms with Crippen molar-refractivity contribution >= 4 is 28.4 Å². The second kappa shape index (κ2) is 4.06. The Morgan fingerprint density at radius 1 is 1.56 bits per heavy atom. The summed E-state index contributed by atoms with van der Waals surface area (Å²) in [6.45, 7) is 0. The van der Waals surface area contributed by atoms with Gasteiger partial charge in [0.25, 0.3) is 0 Å². The smallest absolute Gasteiger partial charge is 0.221 e. The normalized spacial score (nSPS) is 10.6. The van der Waals surface area contributed by atoms with Crippen molar-refractivity contribution in [1.82, 2.24) is 4.98 Å². The van der Waals surface area contributed by atoms with Crippen molar-refractivity contribution in [3.8, 4) is 5.75 Å². The number of H-pyrrole nitrogens is 1. The Morgan fingerprint density at radius 2 is 2.31 bits per heavy atom. The maximum atomic E-state index is 10.9. The lowest BCUT2D eigenvalue weighted by molar-refractivity contribution is -0.117. The van der Waals surface area contributed by atoms with Crippen molar-refractivity contribution in [2.45, 2.75) is 6.42 Å². The van der Waals surface area contributed by atoms with Crippen LogP contribution in [0.1, 0.15) is 5.56 Å². The monoisotopic (exact) mass is 238 g/mol. The van der Waals surface area contributed by atoms with E-state index in [1.807, 2.05) is 0 Å². The van der Waals surface area contributed by atoms with Gasteiger partial charge in [-0.3, -0.25) is 4.79 Å². The lowest BCUT2D eigenvalue weighted by Gasteiger charge is -2.03. The van der Waals surface area contributed by atoms with Crippen molar-refractivity contribution < 1.29 is 9.53 Å². The molecule has 5 heteroatoms. The standard InChI is InChI=1S/C11H11ClN2O2/c1-16-10-3-7-6(2-11(13)15)5-14-9(7)4-8(10)12/h3-5,14H,2H2,1H3,(H2,13,15). The third-order valence-electron chi connectivity index (χ3n) is 2.40. The number of carbonyl (C=O) groups excluding carboxylic acids is 1. The Morgan fingerprint density at radius 3 is 2.94 bits per heavy atom. The highest BCUT2D eigenvalue weighted by molar-refractivity contribution is 6.32. The number of nitrogens with one attached hydrogen (secondary N) is 1. The van der Waals surface area contributed by atoms with E-state index in [0.717, 1.165) is 16.5 Å². The highest BCUT2D eigenvalue weighted by atomic mass is 35.5. The van der Waals surface area contributed by atoms with E-state index in [1.54, 1.807) is 25.4 Å². The van der Waals surface area contributed by atoms with Crippen LogP contribution in [-0.2, 0) is 11.2 Å². The van der Waals surface area contributed by atoms with Crippen molar-refractivity contribution in [3.63, 3.8) is 0 Å². The average molecular weight is 239 g/mol. The van der Waals surface area contributed by atoms with Crippen molar-refractivity contribution in [2.24, 2.45) is 5.73 Å². The quantitative estimate of drug-likeness (QED) is 0.857. The zero-order valence-electron chi connectivity index (χ0n) is 8.71. The molecular weight excluding hydrogens is 228 g/mol. The van der Waals surface area contributed by atoms with Gasteiger partial charge in [0.2, 0.25) is 5.91 Å². The molecule has 4 nitrogen and oxygen atoms in total. The van der Waals surface area contributed by atoms with Gasteiger partial charge >= 0.3 is 0 Å². The van der Waals surface area contributed by atoms with Crippen LogP contribution in [0, 0.1) is 0 Å². The Labute approximate surface area is 97.3 Å². The van der Waals surface area contributed by atoms with E-state index in [2.05, 4.69) is 4.98 Å². The number of nitrogens with two attached hydrogens (primary N) is 1. The minimum absolute atomic E-state index is 0.199. The second-order valence-electron chi connectivity index (χ2n) is 3.49. The van der Waals surface area contributed by atoms with Gasteiger partial charge in [0.15, 0.2) is 0 Å². The zero-order valence-corrected chi connectivity index (χ0v) is 9.47. The summed E-state index contributed by atoms with van der Waals surface area (Å²) in [5, 5.41) is 1.43. The summed E-state index contributed by atoms with van der Waals surface area (Å²) in [5.41, 5.74) is 6.87. The SMILES string of the molecule is COc1cc2c(CC(N)=O)c[nH]c2cc1Cl. The van der Waals surface area contributed by atoms with Gasteiger partial charge in [-0.25, -0.2) is 0 Å². The summed E-state index contributed by atoms with van der Waals surface area (Å²) in [6, 6.07) is 3.56. The Kier molecular flexibility index (Phi) is 2.75. The molecule has 0 bridgehead atoms. The molecule has 0 saturated carbocycles. The minimum Gasteiger partial charge on any atom is -0.495 e. The van der Waals surface area contributed by atoms with Crippen molar-refractivity contribution in [3.05, 3.63) is 28.9 Å². The molecule has 0 spiro atoms. The van der Waals surface area contributed by atoms with E-state index in [9.17, 15) is 4.79 Å². The molecule has 0 aliphatic rings. The fraction of sp³-hybridized carbons (Fsp3) is 0.182. The number of carbonyl (C=O) groups is 1. The van der Waals surface area contributed by atoms with E-state index >= 15 is 0 Å². The van der Waals surface area contributed by atoms with Crippen LogP contribution in [-0.4, -0.2) is 18.0 Å². The van der Waals surface area contributed by atoms with Gasteiger partial charge in [-0.05, 0) is 17.7 Å². The molecule has 16 heavy (non-hydrogen) atoms. The molecule has 1 amide bonds. The summed E-state index contributed by atoms with van der Waals surface area (Å²) in [6.07, 6.45) is 1.95. The summed E-state index contributed by atoms with van der Waals surface area (Å²) in [7, 11) is 1.55. The summed E-state index contributed by atoms with van der Waals surface area (Å²) < 4.78 is 5.12. The predicted octanol–water partition coefficient (Wildman–Crippen LogP) is 1.86. The minimum atomic E-state index is -0.366. The van der Waals surface area contributed by atoms with Gasteiger partial charge in [-0.2, -0.15) is 0 Å². The average Bonchev–Trinajstić information content (AvgIpc) is 2.59. The number of primary amides is 1. The number of aromatic nitrogens is 1. The molecule has 2 aromatic rings. The van der Waals surface area contributed by atoms with E-state index in [-0.39, 0.29) is 12.3 Å². The van der Waals surface area contributed by atoms with Crippen LogP contribution < -0.4 is 10.5 Å². The molecule has 1 aromatic carbocycles. The molecule has 0 aliphatic carbocycles. The number of hydrogen-bond donors (Lipinski definition) is 2. The first-order chi connectivity index (χ1) is 7.61. The number of benzene rings is 1. The number of hydrogen-bond acceptors (Lipinski definition) is 2. The fourth-order valence-corrected chi connectivity index (χ4v) is 1.91. The number of rotatable bonds is 3. The first kappa shape index (κ1) is 10.8. The van der Waals surface area contributed by atoms with Crippen molar-refractivity contribution in [1.29, 1.82) is 0 Å². The van der Waals surface area contributed by atoms with E-state index in [4.69, 9.17) is 22.1 Å². The summed E-state index contributed by atoms with van der Waals surface area (Å²) in [4.78, 5) is 13.9. The third kappa shape index (κ3) is 1.84. The van der Waals surface area contributed by atoms with E-state index in [0.29, 0.717) is 10.8 Å². The number of aromatic amines is 1. The van der Waals surface area contributed by atoms with Crippen LogP contribution in [0.15, 0.2) is 18.3 Å². The lowest BCUT2D eigenvalue weighted by atomic mass is 10.1. The number of fused-ring (bicyclic) bond motifs is 1. The van der Waals surface area contributed by atoms with Gasteiger partial charge in [0, 0.05) is 17.1 Å². The number of methoxy groups -OCH3 is 1. The third-order valence-corrected chi connectivity index (χ3v) is 2.70. The molecule has 84 valence electrons. The van der Waals surface area contributed by atoms with Crippen LogP contribution in [0.3, 0.4) is 0 Å². The first-order valence-electron chi connectivity index (χ1n) is 4.73. The molecule has 1 heterocycles. The van der Waals surface area contributed by atoms with Crippen LogP contribution in [0.4, 0.5) is 0 Å². The van der Waals surface area contributed by atoms with Gasteiger partial charge < -0.3 is 15.5 Å². The van der Waals surface area contributed by atoms with Gasteiger partial charge in [-0.15, -0.1) is 0 Å². The molecule has 0 unspecified atom stereocenters. The van der Waals surface area contributed by atoms with Gasteiger partial charge in [0.05, 0.1) is 18.6 Å². The molecule has 0 saturated heterocycles.